The average molecular weight is 255 g/mol. The van der Waals surface area contributed by atoms with Crippen molar-refractivity contribution in [3.8, 4) is 12.5 Å². The lowest BCUT2D eigenvalue weighted by Crippen LogP contribution is -2.32. The summed E-state index contributed by atoms with van der Waals surface area (Å²) < 4.78 is 0. The fourth-order valence-electron chi connectivity index (χ4n) is 3.79. The fourth-order valence-corrected chi connectivity index (χ4v) is 3.79. The highest BCUT2D eigenvalue weighted by molar-refractivity contribution is 5.94. The summed E-state index contributed by atoms with van der Waals surface area (Å²) in [6, 6.07) is 2.17. The Kier molecular flexibility index (Phi) is 2.98. The maximum Gasteiger partial charge on any atom is 0.283 e. The van der Waals surface area contributed by atoms with Crippen molar-refractivity contribution in [1.82, 2.24) is 15.3 Å². The molecule has 1 aromatic heterocycles. The van der Waals surface area contributed by atoms with Crippen LogP contribution in [0.25, 0.3) is 0 Å². The number of nitrogens with one attached hydrogen (secondary N) is 1. The van der Waals surface area contributed by atoms with Crippen LogP contribution in [-0.4, -0.2) is 15.9 Å². The Labute approximate surface area is 113 Å². The highest BCUT2D eigenvalue weighted by Crippen LogP contribution is 2.52. The van der Waals surface area contributed by atoms with E-state index in [-0.39, 0.29) is 11.3 Å². The monoisotopic (exact) mass is 255 g/mol. The molecule has 2 atom stereocenters. The normalized spacial score (nSPS) is 28.7. The van der Waals surface area contributed by atoms with E-state index in [2.05, 4.69) is 21.3 Å². The lowest BCUT2D eigenvalue weighted by atomic mass is 9.72. The number of hydrogen-bond acceptors (Lipinski definition) is 3. The number of aromatic nitrogens is 2. The van der Waals surface area contributed by atoms with Crippen molar-refractivity contribution in [2.45, 2.75) is 43.9 Å². The molecule has 0 saturated heterocycles. The Morgan fingerprint density at radius 2 is 2.21 bits per heavy atom. The van der Waals surface area contributed by atoms with E-state index < -0.39 is 0 Å². The van der Waals surface area contributed by atoms with Crippen LogP contribution in [0.4, 0.5) is 0 Å². The minimum Gasteiger partial charge on any atom is -0.280 e. The molecule has 2 unspecified atom stereocenters. The predicted molar refractivity (Wildman–Crippen MR) is 71.2 cm³/mol. The molecule has 19 heavy (non-hydrogen) atoms. The van der Waals surface area contributed by atoms with E-state index in [1.165, 1.54) is 19.3 Å². The number of nitrogens with zero attached hydrogens (tertiary/aromatic N) is 2. The van der Waals surface area contributed by atoms with Crippen LogP contribution in [0.1, 0.15) is 54.7 Å². The van der Waals surface area contributed by atoms with Gasteiger partial charge in [-0.1, -0.05) is 19.3 Å². The number of amides is 1. The second-order valence-electron chi connectivity index (χ2n) is 5.63. The summed E-state index contributed by atoms with van der Waals surface area (Å²) in [4.78, 5) is 20.7. The van der Waals surface area contributed by atoms with Gasteiger partial charge in [0.15, 0.2) is 5.69 Å². The molecule has 0 aliphatic heterocycles. The highest BCUT2D eigenvalue weighted by Gasteiger charge is 2.46. The van der Waals surface area contributed by atoms with Gasteiger partial charge in [0.25, 0.3) is 5.91 Å². The van der Waals surface area contributed by atoms with Crippen LogP contribution in [0.3, 0.4) is 0 Å². The number of carbonyl (C=O) groups excluding carboxylic acids is 1. The van der Waals surface area contributed by atoms with Gasteiger partial charge in [0, 0.05) is 23.9 Å². The van der Waals surface area contributed by atoms with Gasteiger partial charge >= 0.3 is 0 Å². The van der Waals surface area contributed by atoms with E-state index in [0.29, 0.717) is 5.69 Å². The molecule has 3 rings (SSSR count). The second-order valence-corrected chi connectivity index (χ2v) is 5.63. The molecule has 2 bridgehead atoms. The number of rotatable bonds is 2. The molecule has 1 amide bonds. The Morgan fingerprint density at radius 3 is 3.05 bits per heavy atom. The van der Waals surface area contributed by atoms with Crippen molar-refractivity contribution in [3.05, 3.63) is 23.8 Å². The first kappa shape index (κ1) is 12.2. The minimum atomic E-state index is -0.311. The predicted octanol–water partition coefficient (Wildman–Crippen LogP) is 2.02. The molecule has 1 heterocycles. The van der Waals surface area contributed by atoms with Crippen molar-refractivity contribution >= 4 is 5.91 Å². The quantitative estimate of drug-likeness (QED) is 0.649. The van der Waals surface area contributed by atoms with Crippen LogP contribution in [-0.2, 0) is 5.41 Å². The minimum absolute atomic E-state index is 0.0540. The van der Waals surface area contributed by atoms with Crippen LogP contribution in [0.15, 0.2) is 12.4 Å². The molecule has 4 nitrogen and oxygen atoms in total. The van der Waals surface area contributed by atoms with Gasteiger partial charge in [-0.25, -0.2) is 4.98 Å². The summed E-state index contributed by atoms with van der Waals surface area (Å²) in [6.07, 6.45) is 15.5. The third kappa shape index (κ3) is 1.99. The molecule has 2 aliphatic rings. The molecule has 2 fully saturated rings. The van der Waals surface area contributed by atoms with Crippen LogP contribution >= 0.6 is 0 Å². The van der Waals surface area contributed by atoms with Gasteiger partial charge in [-0.2, -0.15) is 0 Å². The SMILES string of the molecule is C#CNC(=O)c1nccnc1C12CCCC(CC1)C2. The first-order chi connectivity index (χ1) is 9.25. The average Bonchev–Trinajstić information content (AvgIpc) is 2.75. The van der Waals surface area contributed by atoms with Gasteiger partial charge in [0.2, 0.25) is 0 Å². The summed E-state index contributed by atoms with van der Waals surface area (Å²) in [7, 11) is 0. The summed E-state index contributed by atoms with van der Waals surface area (Å²) in [5.41, 5.74) is 1.31. The van der Waals surface area contributed by atoms with E-state index in [1.807, 2.05) is 0 Å². The maximum absolute atomic E-state index is 12.0. The lowest BCUT2D eigenvalue weighted by Gasteiger charge is -2.33. The largest absolute Gasteiger partial charge is 0.283 e. The van der Waals surface area contributed by atoms with E-state index in [0.717, 1.165) is 30.9 Å². The van der Waals surface area contributed by atoms with E-state index in [9.17, 15) is 4.79 Å². The molecule has 1 N–H and O–H groups in total. The van der Waals surface area contributed by atoms with Crippen molar-refractivity contribution in [3.63, 3.8) is 0 Å². The Morgan fingerprint density at radius 1 is 1.37 bits per heavy atom. The zero-order chi connectivity index (χ0) is 13.3. The Balaban J connectivity index is 2.01. The summed E-state index contributed by atoms with van der Waals surface area (Å²) in [5, 5.41) is 2.38. The van der Waals surface area contributed by atoms with Crippen LogP contribution in [0.5, 0.6) is 0 Å². The number of hydrogen-bond donors (Lipinski definition) is 1. The third-order valence-corrected chi connectivity index (χ3v) is 4.58. The molecule has 2 saturated carbocycles. The molecular weight excluding hydrogens is 238 g/mol. The van der Waals surface area contributed by atoms with Gasteiger partial charge < -0.3 is 0 Å². The summed E-state index contributed by atoms with van der Waals surface area (Å²) >= 11 is 0. The molecule has 1 aromatic rings. The van der Waals surface area contributed by atoms with Gasteiger partial charge in [-0.3, -0.25) is 15.1 Å². The van der Waals surface area contributed by atoms with Crippen molar-refractivity contribution in [2.24, 2.45) is 5.92 Å². The standard InChI is InChI=1S/C15H17N3O/c1-2-16-14(19)12-13(18-9-8-17-12)15-6-3-4-11(10-15)5-7-15/h1,8-9,11H,3-7,10H2,(H,16,19). The topological polar surface area (TPSA) is 54.9 Å². The first-order valence-corrected chi connectivity index (χ1v) is 6.83. The molecule has 2 aliphatic carbocycles. The van der Waals surface area contributed by atoms with Crippen LogP contribution < -0.4 is 5.32 Å². The molecular formula is C15H17N3O. The van der Waals surface area contributed by atoms with Gasteiger partial charge in [-0.05, 0) is 31.6 Å². The van der Waals surface area contributed by atoms with Crippen molar-refractivity contribution in [1.29, 1.82) is 0 Å². The number of terminal acetylenes is 1. The highest BCUT2D eigenvalue weighted by atomic mass is 16.1. The van der Waals surface area contributed by atoms with Gasteiger partial charge in [0.05, 0.1) is 5.69 Å². The fraction of sp³-hybridized carbons (Fsp3) is 0.533. The number of carbonyl (C=O) groups is 1. The van der Waals surface area contributed by atoms with Gasteiger partial charge in [0.1, 0.15) is 0 Å². The molecule has 0 radical (unpaired) electrons. The van der Waals surface area contributed by atoms with E-state index >= 15 is 0 Å². The zero-order valence-corrected chi connectivity index (χ0v) is 10.9. The third-order valence-electron chi connectivity index (χ3n) is 4.58. The molecule has 4 heteroatoms. The van der Waals surface area contributed by atoms with Crippen molar-refractivity contribution < 1.29 is 4.79 Å². The second kappa shape index (κ2) is 4.65. The number of fused-ring (bicyclic) bond motifs is 2. The lowest BCUT2D eigenvalue weighted by molar-refractivity contribution is 0.0964. The Hall–Kier alpha value is -1.89. The maximum atomic E-state index is 12.0. The van der Waals surface area contributed by atoms with Gasteiger partial charge in [-0.15, -0.1) is 0 Å². The van der Waals surface area contributed by atoms with Crippen molar-refractivity contribution in [2.75, 3.05) is 0 Å². The van der Waals surface area contributed by atoms with E-state index in [1.54, 1.807) is 12.4 Å². The van der Waals surface area contributed by atoms with Crippen LogP contribution in [0.2, 0.25) is 0 Å². The molecule has 0 spiro atoms. The van der Waals surface area contributed by atoms with E-state index in [4.69, 9.17) is 6.42 Å². The summed E-state index contributed by atoms with van der Waals surface area (Å²) in [6.45, 7) is 0. The summed E-state index contributed by atoms with van der Waals surface area (Å²) in [5.74, 6) is 0.480. The first-order valence-electron chi connectivity index (χ1n) is 6.83. The smallest absolute Gasteiger partial charge is 0.280 e. The molecule has 98 valence electrons. The molecule has 0 aromatic carbocycles. The zero-order valence-electron chi connectivity index (χ0n) is 10.9. The van der Waals surface area contributed by atoms with Crippen LogP contribution in [0, 0.1) is 18.4 Å². The Bertz CT molecular complexity index is 545.